The lowest BCUT2D eigenvalue weighted by atomic mass is 10.00. The number of piperazine rings is 1. The van der Waals surface area contributed by atoms with Gasteiger partial charge in [0.05, 0.1) is 11.2 Å². The molecule has 0 spiro atoms. The molecule has 6 heteroatoms. The minimum atomic E-state index is 0. The average molecular weight is 454 g/mol. The topological polar surface area (TPSA) is 27.5 Å². The van der Waals surface area contributed by atoms with Gasteiger partial charge < -0.3 is 14.4 Å². The molecule has 1 aromatic carbocycles. The van der Waals surface area contributed by atoms with Gasteiger partial charge in [-0.15, -0.1) is 12.4 Å². The molecule has 4 heterocycles. The minimum Gasteiger partial charge on any atom is -0.350 e. The monoisotopic (exact) mass is 453 g/mol. The van der Waals surface area contributed by atoms with Crippen LogP contribution >= 0.6 is 12.4 Å². The van der Waals surface area contributed by atoms with E-state index in [2.05, 4.69) is 77.4 Å². The molecular weight excluding hydrogens is 418 g/mol. The first-order chi connectivity index (χ1) is 15.0. The maximum atomic E-state index is 5.32. The maximum absolute atomic E-state index is 5.32. The molecule has 2 aromatic heterocycles. The zero-order chi connectivity index (χ0) is 21.5. The highest BCUT2D eigenvalue weighted by Gasteiger charge is 2.24. The van der Waals surface area contributed by atoms with Crippen molar-refractivity contribution in [3.8, 4) is 0 Å². The minimum absolute atomic E-state index is 0. The highest BCUT2D eigenvalue weighted by molar-refractivity contribution is 5.94. The number of rotatable bonds is 4. The Balaban J connectivity index is 0.00000245. The summed E-state index contributed by atoms with van der Waals surface area (Å²) in [4.78, 5) is 12.8. The molecule has 2 aliphatic rings. The van der Waals surface area contributed by atoms with Gasteiger partial charge in [-0.05, 0) is 57.0 Å². The third kappa shape index (κ3) is 4.14. The summed E-state index contributed by atoms with van der Waals surface area (Å²) >= 11 is 0. The average Bonchev–Trinajstić information content (AvgIpc) is 3.04. The summed E-state index contributed by atoms with van der Waals surface area (Å²) in [5, 5.41) is 1.38. The number of fused-ring (bicyclic) bond motifs is 2. The molecular formula is C26H36ClN5. The van der Waals surface area contributed by atoms with Crippen LogP contribution in [0.2, 0.25) is 0 Å². The van der Waals surface area contributed by atoms with E-state index in [0.29, 0.717) is 0 Å². The van der Waals surface area contributed by atoms with Gasteiger partial charge in [0.1, 0.15) is 0 Å². The van der Waals surface area contributed by atoms with Crippen LogP contribution in [-0.2, 0) is 26.1 Å². The van der Waals surface area contributed by atoms with E-state index in [0.717, 1.165) is 58.8 Å². The quantitative estimate of drug-likeness (QED) is 0.585. The van der Waals surface area contributed by atoms with Crippen LogP contribution in [0.25, 0.3) is 10.9 Å². The fourth-order valence-electron chi connectivity index (χ4n) is 5.30. The first kappa shape index (κ1) is 23.1. The van der Waals surface area contributed by atoms with Crippen LogP contribution in [0.15, 0.2) is 30.3 Å². The third-order valence-corrected chi connectivity index (χ3v) is 7.38. The molecule has 2 aliphatic heterocycles. The van der Waals surface area contributed by atoms with Crippen LogP contribution in [0.1, 0.15) is 35.0 Å². The second kappa shape index (κ2) is 9.42. The van der Waals surface area contributed by atoms with E-state index in [1.807, 2.05) is 0 Å². The summed E-state index contributed by atoms with van der Waals surface area (Å²) in [6.07, 6.45) is 1.09. The van der Waals surface area contributed by atoms with Crippen molar-refractivity contribution >= 4 is 29.1 Å². The van der Waals surface area contributed by atoms with E-state index in [4.69, 9.17) is 4.98 Å². The smallest absolute Gasteiger partial charge is 0.153 e. The molecule has 5 rings (SSSR count). The summed E-state index contributed by atoms with van der Waals surface area (Å²) in [6, 6.07) is 11.3. The normalized spacial score (nSPS) is 17.4. The number of likely N-dealkylation sites (N-methyl/N-ethyl adjacent to an activating group) is 1. The molecule has 0 atom stereocenters. The number of aryl methyl sites for hydroxylation is 2. The molecule has 0 saturated carbocycles. The van der Waals surface area contributed by atoms with Gasteiger partial charge in [-0.3, -0.25) is 4.90 Å². The lowest BCUT2D eigenvalue weighted by Gasteiger charge is -2.33. The van der Waals surface area contributed by atoms with E-state index < -0.39 is 0 Å². The van der Waals surface area contributed by atoms with Crippen molar-refractivity contribution in [1.29, 1.82) is 0 Å². The van der Waals surface area contributed by atoms with E-state index in [1.165, 1.54) is 44.8 Å². The Morgan fingerprint density at radius 3 is 2.41 bits per heavy atom. The van der Waals surface area contributed by atoms with E-state index in [-0.39, 0.29) is 12.4 Å². The number of halogens is 1. The molecule has 0 aliphatic carbocycles. The Labute approximate surface area is 198 Å². The molecule has 1 fully saturated rings. The Morgan fingerprint density at radius 1 is 0.969 bits per heavy atom. The van der Waals surface area contributed by atoms with Gasteiger partial charge in [0.2, 0.25) is 0 Å². The number of nitrogens with zero attached hydrogens (tertiary/aromatic N) is 5. The fraction of sp³-hybridized carbons (Fsp3) is 0.500. The summed E-state index contributed by atoms with van der Waals surface area (Å²) in [7, 11) is 2.22. The second-order valence-electron chi connectivity index (χ2n) is 9.31. The summed E-state index contributed by atoms with van der Waals surface area (Å²) in [5.41, 5.74) is 8.23. The molecule has 0 bridgehead atoms. The summed E-state index contributed by atoms with van der Waals surface area (Å²) in [5.74, 6) is 1.18. The highest BCUT2D eigenvalue weighted by Crippen LogP contribution is 2.35. The molecule has 32 heavy (non-hydrogen) atoms. The summed E-state index contributed by atoms with van der Waals surface area (Å²) < 4.78 is 2.47. The van der Waals surface area contributed by atoms with Gasteiger partial charge in [0.15, 0.2) is 5.82 Å². The Kier molecular flexibility index (Phi) is 6.80. The number of benzene rings is 1. The van der Waals surface area contributed by atoms with Crippen molar-refractivity contribution in [2.75, 3.05) is 44.7 Å². The molecule has 3 aromatic rings. The lowest BCUT2D eigenvalue weighted by molar-refractivity contribution is 0.147. The lowest BCUT2D eigenvalue weighted by Crippen LogP contribution is -2.44. The van der Waals surface area contributed by atoms with Crippen molar-refractivity contribution in [2.24, 2.45) is 0 Å². The Hall–Kier alpha value is -2.08. The number of aromatic nitrogens is 2. The molecule has 0 unspecified atom stereocenters. The van der Waals surface area contributed by atoms with Gasteiger partial charge in [-0.2, -0.15) is 0 Å². The number of hydrogen-bond acceptors (Lipinski definition) is 4. The SMILES string of the molecule is CCn1c(C)c(C)c2cc(CN3CCN(C)CC3)nc(N3CCc4ccccc4C3)c21.Cl. The predicted molar refractivity (Wildman–Crippen MR) is 136 cm³/mol. The Morgan fingerprint density at radius 2 is 1.69 bits per heavy atom. The summed E-state index contributed by atoms with van der Waals surface area (Å²) in [6.45, 7) is 15.2. The van der Waals surface area contributed by atoms with E-state index in [1.54, 1.807) is 0 Å². The van der Waals surface area contributed by atoms with Gasteiger partial charge in [-0.1, -0.05) is 24.3 Å². The highest BCUT2D eigenvalue weighted by atomic mass is 35.5. The zero-order valence-corrected chi connectivity index (χ0v) is 20.7. The van der Waals surface area contributed by atoms with Crippen LogP contribution in [0, 0.1) is 13.8 Å². The predicted octanol–water partition coefficient (Wildman–Crippen LogP) is 4.40. The molecule has 5 nitrogen and oxygen atoms in total. The largest absolute Gasteiger partial charge is 0.350 e. The second-order valence-corrected chi connectivity index (χ2v) is 9.31. The van der Waals surface area contributed by atoms with Gasteiger partial charge in [0.25, 0.3) is 0 Å². The van der Waals surface area contributed by atoms with Crippen molar-refractivity contribution in [2.45, 2.75) is 46.8 Å². The number of pyridine rings is 1. The van der Waals surface area contributed by atoms with Crippen LogP contribution in [0.5, 0.6) is 0 Å². The first-order valence-corrected chi connectivity index (χ1v) is 11.8. The first-order valence-electron chi connectivity index (χ1n) is 11.8. The van der Waals surface area contributed by atoms with Crippen molar-refractivity contribution < 1.29 is 0 Å². The maximum Gasteiger partial charge on any atom is 0.153 e. The molecule has 0 radical (unpaired) electrons. The van der Waals surface area contributed by atoms with Crippen molar-refractivity contribution in [1.82, 2.24) is 19.4 Å². The Bertz CT molecular complexity index is 1100. The molecule has 1 saturated heterocycles. The molecule has 0 N–H and O–H groups in total. The third-order valence-electron chi connectivity index (χ3n) is 7.38. The van der Waals surface area contributed by atoms with Crippen LogP contribution in [-0.4, -0.2) is 59.1 Å². The fourth-order valence-corrected chi connectivity index (χ4v) is 5.30. The van der Waals surface area contributed by atoms with Crippen LogP contribution < -0.4 is 4.90 Å². The van der Waals surface area contributed by atoms with Gasteiger partial charge in [0, 0.05) is 63.4 Å². The zero-order valence-electron chi connectivity index (χ0n) is 19.9. The van der Waals surface area contributed by atoms with Crippen LogP contribution in [0.3, 0.4) is 0 Å². The van der Waals surface area contributed by atoms with E-state index >= 15 is 0 Å². The van der Waals surface area contributed by atoms with Gasteiger partial charge in [-0.25, -0.2) is 4.98 Å². The van der Waals surface area contributed by atoms with Crippen LogP contribution in [0.4, 0.5) is 5.82 Å². The molecule has 172 valence electrons. The molecule has 0 amide bonds. The van der Waals surface area contributed by atoms with Crippen molar-refractivity contribution in [3.63, 3.8) is 0 Å². The standard InChI is InChI=1S/C26H35N5.ClH/c1-5-31-20(3)19(2)24-16-23(18-29-14-12-28(4)13-15-29)27-26(25(24)31)30-11-10-21-8-6-7-9-22(21)17-30;/h6-9,16H,5,10-15,17-18H2,1-4H3;1H. The van der Waals surface area contributed by atoms with Gasteiger partial charge >= 0.3 is 0 Å². The number of anilines is 1. The van der Waals surface area contributed by atoms with Crippen molar-refractivity contribution in [3.05, 3.63) is 58.4 Å². The van der Waals surface area contributed by atoms with E-state index in [9.17, 15) is 0 Å². The number of hydrogen-bond donors (Lipinski definition) is 0.